The first kappa shape index (κ1) is 24.1. The molecule has 3 aromatic rings. The fraction of sp³-hybridized carbons (Fsp3) is 0.250. The van der Waals surface area contributed by atoms with E-state index in [9.17, 15) is 17.6 Å². The van der Waals surface area contributed by atoms with Gasteiger partial charge in [0.1, 0.15) is 5.82 Å². The zero-order chi connectivity index (χ0) is 24.5. The topological polar surface area (TPSA) is 105 Å². The predicted molar refractivity (Wildman–Crippen MR) is 129 cm³/mol. The number of piperidine rings is 1. The first-order chi connectivity index (χ1) is 16.1. The van der Waals surface area contributed by atoms with E-state index in [4.69, 9.17) is 16.7 Å². The summed E-state index contributed by atoms with van der Waals surface area (Å²) in [5, 5.41) is 8.52. The highest BCUT2D eigenvalue weighted by atomic mass is 35.5. The maximum absolute atomic E-state index is 13.4. The Kier molecular flexibility index (Phi) is 6.88. The number of likely N-dealkylation sites (tertiary alicyclic amines) is 1. The van der Waals surface area contributed by atoms with E-state index in [1.807, 2.05) is 13.0 Å². The minimum absolute atomic E-state index is 0.226. The Morgan fingerprint density at radius 2 is 1.82 bits per heavy atom. The number of pyridine rings is 1. The maximum atomic E-state index is 13.4. The Balaban J connectivity index is 1.58. The predicted octanol–water partition coefficient (Wildman–Crippen LogP) is 4.59. The van der Waals surface area contributed by atoms with Crippen LogP contribution >= 0.6 is 11.6 Å². The Morgan fingerprint density at radius 3 is 2.44 bits per heavy atom. The summed E-state index contributed by atoms with van der Waals surface area (Å²) < 4.78 is 36.9. The molecule has 0 unspecified atom stereocenters. The van der Waals surface area contributed by atoms with Crippen LogP contribution in [0.15, 0.2) is 59.8 Å². The van der Waals surface area contributed by atoms with Crippen LogP contribution in [0.1, 0.15) is 40.2 Å². The van der Waals surface area contributed by atoms with Crippen LogP contribution < -0.4 is 10.5 Å². The van der Waals surface area contributed by atoms with E-state index in [1.54, 1.807) is 29.2 Å². The van der Waals surface area contributed by atoms with Crippen LogP contribution in [0.2, 0.25) is 5.02 Å². The SMILES string of the molecule is Cc1ccc(Nc2cc(S(N)(=O)=O)ncc2C(=O)N2CCC(c3ccc(F)cc3)CC2)cc1Cl. The summed E-state index contributed by atoms with van der Waals surface area (Å²) in [7, 11) is -4.07. The van der Waals surface area contributed by atoms with Crippen molar-refractivity contribution in [2.75, 3.05) is 18.4 Å². The lowest BCUT2D eigenvalue weighted by molar-refractivity contribution is 0.0713. The lowest BCUT2D eigenvalue weighted by Gasteiger charge is -2.32. The number of primary sulfonamides is 1. The van der Waals surface area contributed by atoms with Crippen molar-refractivity contribution in [3.05, 3.63) is 82.3 Å². The number of rotatable bonds is 5. The van der Waals surface area contributed by atoms with Gasteiger partial charge in [-0.1, -0.05) is 29.8 Å². The quantitative estimate of drug-likeness (QED) is 0.530. The second kappa shape index (κ2) is 9.69. The van der Waals surface area contributed by atoms with Gasteiger partial charge >= 0.3 is 0 Å². The molecule has 1 aliphatic heterocycles. The van der Waals surface area contributed by atoms with Crippen molar-refractivity contribution in [2.24, 2.45) is 5.14 Å². The Bertz CT molecular complexity index is 1320. The van der Waals surface area contributed by atoms with Gasteiger partial charge in [-0.25, -0.2) is 22.9 Å². The van der Waals surface area contributed by atoms with Crippen LogP contribution in [0.4, 0.5) is 15.8 Å². The molecule has 1 aromatic heterocycles. The van der Waals surface area contributed by atoms with Crippen LogP contribution in [-0.2, 0) is 10.0 Å². The number of nitrogens with zero attached hydrogens (tertiary/aromatic N) is 2. The molecule has 0 spiro atoms. The average Bonchev–Trinajstić information content (AvgIpc) is 2.81. The van der Waals surface area contributed by atoms with Crippen LogP contribution in [-0.4, -0.2) is 37.3 Å². The van der Waals surface area contributed by atoms with Crippen molar-refractivity contribution in [1.82, 2.24) is 9.88 Å². The molecule has 2 aromatic carbocycles. The van der Waals surface area contributed by atoms with Crippen LogP contribution in [0, 0.1) is 12.7 Å². The van der Waals surface area contributed by atoms with Crippen molar-refractivity contribution >= 4 is 38.9 Å². The van der Waals surface area contributed by atoms with Crippen molar-refractivity contribution in [3.8, 4) is 0 Å². The number of benzene rings is 2. The Hall–Kier alpha value is -3.01. The van der Waals surface area contributed by atoms with E-state index in [2.05, 4.69) is 10.3 Å². The third-order valence-electron chi connectivity index (χ3n) is 5.98. The van der Waals surface area contributed by atoms with Crippen molar-refractivity contribution in [3.63, 3.8) is 0 Å². The van der Waals surface area contributed by atoms with Crippen LogP contribution in [0.3, 0.4) is 0 Å². The van der Waals surface area contributed by atoms with Gasteiger partial charge in [0, 0.05) is 36.1 Å². The molecule has 1 aliphatic rings. The number of sulfonamides is 1. The summed E-state index contributed by atoms with van der Waals surface area (Å²) in [6, 6.07) is 13.0. The molecule has 10 heteroatoms. The van der Waals surface area contributed by atoms with E-state index >= 15 is 0 Å². The monoisotopic (exact) mass is 502 g/mol. The molecule has 1 amide bonds. The van der Waals surface area contributed by atoms with Gasteiger partial charge in [0.2, 0.25) is 0 Å². The first-order valence-electron chi connectivity index (χ1n) is 10.7. The van der Waals surface area contributed by atoms with Gasteiger partial charge in [0.15, 0.2) is 5.03 Å². The average molecular weight is 503 g/mol. The van der Waals surface area contributed by atoms with E-state index in [1.165, 1.54) is 24.4 Å². The van der Waals surface area contributed by atoms with E-state index < -0.39 is 10.0 Å². The van der Waals surface area contributed by atoms with Crippen molar-refractivity contribution < 1.29 is 17.6 Å². The molecule has 7 nitrogen and oxygen atoms in total. The second-order valence-electron chi connectivity index (χ2n) is 8.32. The Morgan fingerprint density at radius 1 is 1.15 bits per heavy atom. The molecule has 34 heavy (non-hydrogen) atoms. The lowest BCUT2D eigenvalue weighted by atomic mass is 9.89. The van der Waals surface area contributed by atoms with Gasteiger partial charge in [-0.2, -0.15) is 0 Å². The minimum atomic E-state index is -4.07. The zero-order valence-corrected chi connectivity index (χ0v) is 20.0. The number of halogens is 2. The number of carbonyl (C=O) groups excluding carboxylic acids is 1. The summed E-state index contributed by atoms with van der Waals surface area (Å²) in [5.74, 6) is -0.312. The number of nitrogens with one attached hydrogen (secondary N) is 1. The number of nitrogens with two attached hydrogens (primary N) is 1. The number of amides is 1. The number of carbonyl (C=O) groups is 1. The van der Waals surface area contributed by atoms with Gasteiger partial charge in [-0.3, -0.25) is 4.79 Å². The van der Waals surface area contributed by atoms with Crippen LogP contribution in [0.5, 0.6) is 0 Å². The minimum Gasteiger partial charge on any atom is -0.355 e. The lowest BCUT2D eigenvalue weighted by Crippen LogP contribution is -2.38. The number of aromatic nitrogens is 1. The molecule has 3 N–H and O–H groups in total. The largest absolute Gasteiger partial charge is 0.355 e. The van der Waals surface area contributed by atoms with E-state index in [0.717, 1.165) is 24.0 Å². The van der Waals surface area contributed by atoms with Gasteiger partial charge in [0.05, 0.1) is 11.3 Å². The van der Waals surface area contributed by atoms with Crippen LogP contribution in [0.25, 0.3) is 0 Å². The van der Waals surface area contributed by atoms with E-state index in [0.29, 0.717) is 23.8 Å². The molecule has 0 radical (unpaired) electrons. The van der Waals surface area contributed by atoms with Gasteiger partial charge in [-0.05, 0) is 61.1 Å². The normalized spacial score (nSPS) is 14.8. The highest BCUT2D eigenvalue weighted by molar-refractivity contribution is 7.89. The van der Waals surface area contributed by atoms with Gasteiger partial charge in [0.25, 0.3) is 15.9 Å². The standard InChI is InChI=1S/C24H24ClFN4O3S/c1-15-2-7-19(12-21(15)25)29-22-13-23(34(27,32)33)28-14-20(22)24(31)30-10-8-17(9-11-30)16-3-5-18(26)6-4-16/h2-7,12-14,17H,8-11H2,1H3,(H,28,29)(H2,27,32,33). The molecule has 0 saturated carbocycles. The summed E-state index contributed by atoms with van der Waals surface area (Å²) in [6.07, 6.45) is 2.69. The summed E-state index contributed by atoms with van der Waals surface area (Å²) >= 11 is 6.22. The third kappa shape index (κ3) is 5.38. The molecule has 1 saturated heterocycles. The summed E-state index contributed by atoms with van der Waals surface area (Å²) in [6.45, 7) is 2.88. The van der Waals surface area contributed by atoms with Gasteiger partial charge in [-0.15, -0.1) is 0 Å². The molecule has 0 bridgehead atoms. The molecule has 0 aliphatic carbocycles. The highest BCUT2D eigenvalue weighted by Gasteiger charge is 2.27. The molecule has 4 rings (SSSR count). The zero-order valence-electron chi connectivity index (χ0n) is 18.5. The number of aryl methyl sites for hydroxylation is 1. The smallest absolute Gasteiger partial charge is 0.257 e. The van der Waals surface area contributed by atoms with Crippen molar-refractivity contribution in [1.29, 1.82) is 0 Å². The van der Waals surface area contributed by atoms with Gasteiger partial charge < -0.3 is 10.2 Å². The molecule has 178 valence electrons. The molecule has 2 heterocycles. The highest BCUT2D eigenvalue weighted by Crippen LogP contribution is 2.31. The second-order valence-corrected chi connectivity index (χ2v) is 10.2. The molecular weight excluding hydrogens is 479 g/mol. The fourth-order valence-electron chi connectivity index (χ4n) is 4.01. The number of hydrogen-bond acceptors (Lipinski definition) is 5. The maximum Gasteiger partial charge on any atom is 0.257 e. The summed E-state index contributed by atoms with van der Waals surface area (Å²) in [5.41, 5.74) is 3.01. The molecule has 1 fully saturated rings. The molecule has 0 atom stereocenters. The first-order valence-corrected chi connectivity index (χ1v) is 12.6. The fourth-order valence-corrected chi connectivity index (χ4v) is 4.68. The summed E-state index contributed by atoms with van der Waals surface area (Å²) in [4.78, 5) is 19.0. The number of hydrogen-bond donors (Lipinski definition) is 2. The van der Waals surface area contributed by atoms with Crippen molar-refractivity contribution in [2.45, 2.75) is 30.7 Å². The van der Waals surface area contributed by atoms with E-state index in [-0.39, 0.29) is 33.9 Å². The Labute approximate surface area is 202 Å². The third-order valence-corrected chi connectivity index (χ3v) is 7.19. The molecular formula is C24H24ClFN4O3S. The number of anilines is 2.